The van der Waals surface area contributed by atoms with Crippen LogP contribution >= 0.6 is 11.6 Å². The molecule has 24 heteroatoms. The van der Waals surface area contributed by atoms with Crippen LogP contribution in [0.25, 0.3) is 22.4 Å². The van der Waals surface area contributed by atoms with Crippen molar-refractivity contribution in [3.63, 3.8) is 0 Å². The van der Waals surface area contributed by atoms with E-state index >= 15 is 0 Å². The number of nitrogens with two attached hydrogens (primary N) is 1. The molecule has 3 amide bonds. The number of carbonyl (C=O) groups excluding carboxylic acids is 7. The highest BCUT2D eigenvalue weighted by molar-refractivity contribution is 6.33. The second-order valence-corrected chi connectivity index (χ2v) is 16.4. The molecular formula is C51H45ClF3N9O11. The lowest BCUT2D eigenvalue weighted by Gasteiger charge is -2.11. The quantitative estimate of drug-likeness (QED) is 0.0348. The number of rotatable bonds is 11. The Morgan fingerprint density at radius 2 is 1.15 bits per heavy atom. The lowest BCUT2D eigenvalue weighted by Crippen LogP contribution is -2.16. The van der Waals surface area contributed by atoms with Gasteiger partial charge in [-0.1, -0.05) is 23.7 Å². The van der Waals surface area contributed by atoms with Crippen LogP contribution in [0.5, 0.6) is 0 Å². The minimum absolute atomic E-state index is 0.00722. The highest BCUT2D eigenvalue weighted by atomic mass is 35.5. The number of nitrogen functional groups attached to an aromatic ring is 1. The number of alkyl halides is 3. The number of ketones is 4. The van der Waals surface area contributed by atoms with Gasteiger partial charge in [-0.3, -0.25) is 53.8 Å². The highest BCUT2D eigenvalue weighted by Crippen LogP contribution is 2.32. The van der Waals surface area contributed by atoms with Gasteiger partial charge in [0.2, 0.25) is 11.8 Å². The number of fused-ring (bicyclic) bond motifs is 1. The molecule has 0 fully saturated rings. The smallest absolute Gasteiger partial charge is 0.393 e. The zero-order chi connectivity index (χ0) is 56.1. The molecule has 0 aliphatic carbocycles. The van der Waals surface area contributed by atoms with Crippen LogP contribution in [0.4, 0.5) is 47.3 Å². The Bertz CT molecular complexity index is 3420. The molecule has 20 nitrogen and oxygen atoms in total. The molecule has 0 spiro atoms. The first kappa shape index (κ1) is 58.1. The number of pyridine rings is 1. The number of H-pyrrole nitrogens is 1. The minimum atomic E-state index is -4.59. The van der Waals surface area contributed by atoms with Crippen molar-refractivity contribution in [2.75, 3.05) is 21.7 Å². The largest absolute Gasteiger partial charge is 0.433 e. The van der Waals surface area contributed by atoms with Crippen LogP contribution < -0.4 is 21.7 Å². The lowest BCUT2D eigenvalue weighted by molar-refractivity contribution is -0.384. The number of nitrogens with one attached hydrogen (secondary N) is 4. The van der Waals surface area contributed by atoms with Crippen LogP contribution in [-0.4, -0.2) is 65.7 Å². The third kappa shape index (κ3) is 16.5. The maximum absolute atomic E-state index is 12.8. The molecule has 0 saturated heterocycles. The molecule has 2 aromatic heterocycles. The average Bonchev–Trinajstić information content (AvgIpc) is 3.75. The molecule has 0 aliphatic rings. The lowest BCUT2D eigenvalue weighted by atomic mass is 10.1. The Morgan fingerprint density at radius 1 is 0.613 bits per heavy atom. The molecule has 75 heavy (non-hydrogen) atoms. The van der Waals surface area contributed by atoms with Crippen LogP contribution in [0.1, 0.15) is 105 Å². The molecule has 388 valence electrons. The molecule has 0 radical (unpaired) electrons. The van der Waals surface area contributed by atoms with Crippen molar-refractivity contribution < 1.29 is 56.6 Å². The minimum Gasteiger partial charge on any atom is -0.393 e. The summed E-state index contributed by atoms with van der Waals surface area (Å²) in [4.78, 5) is 110. The third-order valence-corrected chi connectivity index (χ3v) is 10.4. The van der Waals surface area contributed by atoms with Crippen molar-refractivity contribution in [1.29, 1.82) is 0 Å². The summed E-state index contributed by atoms with van der Waals surface area (Å²) in [6.45, 7) is 9.69. The Balaban J connectivity index is 0.000000241. The molecule has 0 unspecified atom stereocenters. The predicted molar refractivity (Wildman–Crippen MR) is 274 cm³/mol. The van der Waals surface area contributed by atoms with E-state index in [-0.39, 0.29) is 63.0 Å². The summed E-state index contributed by atoms with van der Waals surface area (Å²) in [5.41, 5.74) is 8.52. The van der Waals surface area contributed by atoms with E-state index in [2.05, 4.69) is 30.9 Å². The number of nitrogens with zero attached hydrogens (tertiary/aromatic N) is 4. The second kappa shape index (κ2) is 25.2. The number of benzene rings is 5. The van der Waals surface area contributed by atoms with Gasteiger partial charge in [-0.2, -0.15) is 13.2 Å². The summed E-state index contributed by atoms with van der Waals surface area (Å²) in [5, 5.41) is 28.9. The molecule has 0 bridgehead atoms. The first-order valence-electron chi connectivity index (χ1n) is 21.7. The number of anilines is 4. The van der Waals surface area contributed by atoms with Crippen molar-refractivity contribution in [3.05, 3.63) is 174 Å². The number of aromatic amines is 1. The van der Waals surface area contributed by atoms with E-state index in [0.717, 1.165) is 12.1 Å². The fraction of sp³-hybridized carbons (Fsp3) is 0.157. The predicted octanol–water partition coefficient (Wildman–Crippen LogP) is 11.0. The van der Waals surface area contributed by atoms with Gasteiger partial charge in [-0.05, 0) is 120 Å². The third-order valence-electron chi connectivity index (χ3n) is 10.1. The average molecular weight is 1050 g/mol. The Labute approximate surface area is 429 Å². The van der Waals surface area contributed by atoms with E-state index < -0.39 is 33.5 Å². The van der Waals surface area contributed by atoms with Gasteiger partial charge in [0.25, 0.3) is 17.3 Å². The van der Waals surface area contributed by atoms with E-state index in [9.17, 15) is 67.0 Å². The first-order valence-corrected chi connectivity index (χ1v) is 22.1. The summed E-state index contributed by atoms with van der Waals surface area (Å²) in [6.07, 6.45) is -4.59. The van der Waals surface area contributed by atoms with Crippen LogP contribution in [-0.2, 0) is 15.8 Å². The van der Waals surface area contributed by atoms with Gasteiger partial charge < -0.3 is 26.7 Å². The number of amides is 3. The molecule has 6 N–H and O–H groups in total. The van der Waals surface area contributed by atoms with Gasteiger partial charge in [-0.25, -0.2) is 9.97 Å². The number of nitro benzene ring substituents is 2. The first-order chi connectivity index (χ1) is 35.0. The van der Waals surface area contributed by atoms with Crippen LogP contribution in [0.15, 0.2) is 109 Å². The van der Waals surface area contributed by atoms with E-state index in [4.69, 9.17) is 17.3 Å². The summed E-state index contributed by atoms with van der Waals surface area (Å²) < 4.78 is 38.5. The van der Waals surface area contributed by atoms with Crippen molar-refractivity contribution in [2.45, 2.75) is 54.6 Å². The number of nitro groups is 2. The molecule has 2 heterocycles. The van der Waals surface area contributed by atoms with Gasteiger partial charge in [0.15, 0.2) is 23.1 Å². The molecule has 7 aromatic rings. The number of halogens is 4. The maximum atomic E-state index is 12.8. The fourth-order valence-electron chi connectivity index (χ4n) is 6.46. The van der Waals surface area contributed by atoms with Crippen molar-refractivity contribution in [2.24, 2.45) is 0 Å². The maximum Gasteiger partial charge on any atom is 0.433 e. The van der Waals surface area contributed by atoms with Crippen LogP contribution in [0, 0.1) is 27.2 Å². The fourth-order valence-corrected chi connectivity index (χ4v) is 6.67. The van der Waals surface area contributed by atoms with E-state index in [1.165, 1.54) is 84.9 Å². The van der Waals surface area contributed by atoms with Gasteiger partial charge >= 0.3 is 6.18 Å². The van der Waals surface area contributed by atoms with Crippen LogP contribution in [0.3, 0.4) is 0 Å². The zero-order valence-electron chi connectivity index (χ0n) is 40.8. The molecule has 0 atom stereocenters. The van der Waals surface area contributed by atoms with E-state index in [0.29, 0.717) is 61.1 Å². The monoisotopic (exact) mass is 1050 g/mol. The topological polar surface area (TPSA) is 309 Å². The van der Waals surface area contributed by atoms with Crippen molar-refractivity contribution >= 4 is 97.6 Å². The number of imidazole rings is 1. The standard InChI is InChI=1S/C23H16ClF3N4O2.C10H10N2O4.C10H11NO2.C8H8N2O3/c1-11-15(5-8-20(28-11)23(25,26)27)22(33)29-14-4-6-17(24)16(10-14)21-30-18-7-3-13(12(2)32)9-19(18)31-21;1-6(13)8-3-4-10(12(15)16)9(5-8)11-7(2)14;1-7(12)9-4-3-5-10(6-9)11-8(2)13;1-5(11)6-2-3-8(10(12)13)7(9)4-6/h3-10H,1-2H3,(H,29,33)(H,30,31);3-5H,1-2H3,(H,11,14);3-6H,1-2H3,(H,11,13);2-4H,9H2,1H3. The molecule has 0 saturated carbocycles. The summed E-state index contributed by atoms with van der Waals surface area (Å²) >= 11 is 6.34. The Hall–Kier alpha value is -9.51. The molecule has 5 aromatic carbocycles. The van der Waals surface area contributed by atoms with Gasteiger partial charge in [0, 0.05) is 65.2 Å². The summed E-state index contributed by atoms with van der Waals surface area (Å²) in [5.74, 6) is -1.22. The van der Waals surface area contributed by atoms with E-state index in [1.807, 2.05) is 0 Å². The normalized spacial score (nSPS) is 10.4. The SMILES string of the molecule is CC(=O)Nc1cc(C(C)=O)ccc1[N+](=O)[O-].CC(=O)Nc1cccc(C(C)=O)c1.CC(=O)c1ccc([N+](=O)[O-])c(N)c1.CC(=O)c1ccc2nc(-c3cc(NC(=O)c4ccc(C(F)(F)F)nc4C)ccc3Cl)[nH]c2c1. The summed E-state index contributed by atoms with van der Waals surface area (Å²) in [6, 6.07) is 26.3. The summed E-state index contributed by atoms with van der Waals surface area (Å²) in [7, 11) is 0. The number of hydrogen-bond acceptors (Lipinski definition) is 14. The van der Waals surface area contributed by atoms with Gasteiger partial charge in [0.05, 0.1) is 37.2 Å². The van der Waals surface area contributed by atoms with E-state index in [1.54, 1.807) is 60.7 Å². The molecular weight excluding hydrogens is 1010 g/mol. The van der Waals surface area contributed by atoms with Crippen LogP contribution in [0.2, 0.25) is 5.02 Å². The highest BCUT2D eigenvalue weighted by Gasteiger charge is 2.33. The van der Waals surface area contributed by atoms with Gasteiger partial charge in [0.1, 0.15) is 22.9 Å². The van der Waals surface area contributed by atoms with Gasteiger partial charge in [-0.15, -0.1) is 0 Å². The molecule has 7 rings (SSSR count). The zero-order valence-corrected chi connectivity index (χ0v) is 41.5. The Morgan fingerprint density at radius 3 is 1.68 bits per heavy atom. The van der Waals surface area contributed by atoms with Crippen molar-refractivity contribution in [1.82, 2.24) is 15.0 Å². The number of aromatic nitrogens is 3. The second-order valence-electron chi connectivity index (χ2n) is 16.0. The number of Topliss-reactive ketones (excluding diaryl/α,β-unsaturated/α-hetero) is 4. The number of aryl methyl sites for hydroxylation is 1. The Kier molecular flexibility index (Phi) is 19.5. The number of hydrogen-bond donors (Lipinski definition) is 5. The van der Waals surface area contributed by atoms with Crippen molar-refractivity contribution in [3.8, 4) is 11.4 Å². The number of carbonyl (C=O) groups is 7. The molecule has 0 aliphatic heterocycles.